The second-order valence-electron chi connectivity index (χ2n) is 5.58. The van der Waals surface area contributed by atoms with E-state index in [0.717, 1.165) is 25.7 Å². The number of ether oxygens (including phenoxy) is 1. The Bertz CT molecular complexity index is 668. The van der Waals surface area contributed by atoms with E-state index in [1.165, 1.54) is 12.1 Å². The Morgan fingerprint density at radius 3 is 2.23 bits per heavy atom. The van der Waals surface area contributed by atoms with Crippen LogP contribution in [0.25, 0.3) is 0 Å². The Morgan fingerprint density at radius 1 is 0.962 bits per heavy atom. The van der Waals surface area contributed by atoms with Crippen LogP contribution in [0.3, 0.4) is 0 Å². The number of hydrogen-bond acceptors (Lipinski definition) is 3. The molecule has 1 aromatic carbocycles. The lowest BCUT2D eigenvalue weighted by Gasteiger charge is -2.06. The van der Waals surface area contributed by atoms with E-state index in [4.69, 9.17) is 9.84 Å². The fourth-order valence-corrected chi connectivity index (χ4v) is 2.12. The molecule has 0 bridgehead atoms. The van der Waals surface area contributed by atoms with Gasteiger partial charge in [0.25, 0.3) is 0 Å². The third-order valence-corrected chi connectivity index (χ3v) is 3.44. The first-order chi connectivity index (χ1) is 12.6. The van der Waals surface area contributed by atoms with Gasteiger partial charge in [-0.2, -0.15) is 0 Å². The summed E-state index contributed by atoms with van der Waals surface area (Å²) in [4.78, 5) is 22.9. The predicted octanol–water partition coefficient (Wildman–Crippen LogP) is 5.49. The second-order valence-corrected chi connectivity index (χ2v) is 5.58. The van der Waals surface area contributed by atoms with Crippen molar-refractivity contribution in [2.75, 3.05) is 0 Å². The summed E-state index contributed by atoms with van der Waals surface area (Å²) >= 11 is 0. The van der Waals surface area contributed by atoms with Gasteiger partial charge >= 0.3 is 11.9 Å². The van der Waals surface area contributed by atoms with E-state index in [1.807, 2.05) is 12.2 Å². The molecule has 0 aliphatic heterocycles. The lowest BCUT2D eigenvalue weighted by Crippen LogP contribution is -2.10. The normalized spacial score (nSPS) is 11.4. The van der Waals surface area contributed by atoms with Crippen LogP contribution in [0.4, 0.5) is 0 Å². The van der Waals surface area contributed by atoms with Crippen LogP contribution in [-0.4, -0.2) is 17.0 Å². The molecule has 4 nitrogen and oxygen atoms in total. The van der Waals surface area contributed by atoms with Gasteiger partial charge in [0.15, 0.2) is 0 Å². The standard InChI is InChI=1S/C22H26O4/c1-2-3-4-5-6-7-8-9-10-11-12-13-18-21(23)26-20-17-15-14-16-19(20)22(24)25/h2,4-5,7-8,10-11,14-17H,1,3,6,9,12-13,18H2,(H,24,25)/b5-4-,8-7-,11-10-. The largest absolute Gasteiger partial charge is 0.478 e. The first-order valence-electron chi connectivity index (χ1n) is 8.74. The maximum atomic E-state index is 11.8. The number of allylic oxidation sites excluding steroid dienone is 7. The van der Waals surface area contributed by atoms with Gasteiger partial charge in [-0.15, -0.1) is 6.58 Å². The van der Waals surface area contributed by atoms with E-state index in [1.54, 1.807) is 12.1 Å². The molecule has 0 heterocycles. The zero-order valence-corrected chi connectivity index (χ0v) is 15.0. The van der Waals surface area contributed by atoms with Crippen LogP contribution >= 0.6 is 0 Å². The molecule has 0 aromatic heterocycles. The molecule has 4 heteroatoms. The van der Waals surface area contributed by atoms with Crippen molar-refractivity contribution in [3.05, 3.63) is 78.9 Å². The minimum Gasteiger partial charge on any atom is -0.478 e. The molecular weight excluding hydrogens is 328 g/mol. The number of carboxylic acid groups (broad SMARTS) is 1. The SMILES string of the molecule is C=CC/C=C\C/C=C\C/C=C\CCCC(=O)Oc1ccccc1C(=O)O. The van der Waals surface area contributed by atoms with E-state index in [-0.39, 0.29) is 17.7 Å². The topological polar surface area (TPSA) is 63.6 Å². The summed E-state index contributed by atoms with van der Waals surface area (Å²) in [5, 5.41) is 9.05. The van der Waals surface area contributed by atoms with Crippen molar-refractivity contribution in [1.29, 1.82) is 0 Å². The van der Waals surface area contributed by atoms with Crippen LogP contribution in [0.15, 0.2) is 73.4 Å². The molecule has 26 heavy (non-hydrogen) atoms. The van der Waals surface area contributed by atoms with Gasteiger partial charge in [0.05, 0.1) is 0 Å². The average molecular weight is 354 g/mol. The van der Waals surface area contributed by atoms with E-state index in [2.05, 4.69) is 37.0 Å². The Hall–Kier alpha value is -2.88. The van der Waals surface area contributed by atoms with Crippen molar-refractivity contribution >= 4 is 11.9 Å². The van der Waals surface area contributed by atoms with Gasteiger partial charge in [0, 0.05) is 6.42 Å². The number of unbranched alkanes of at least 4 members (excludes halogenated alkanes) is 1. The number of hydrogen-bond donors (Lipinski definition) is 1. The molecule has 0 saturated carbocycles. The summed E-state index contributed by atoms with van der Waals surface area (Å²) < 4.78 is 5.14. The molecular formula is C22H26O4. The molecule has 0 amide bonds. The monoisotopic (exact) mass is 354 g/mol. The van der Waals surface area contributed by atoms with E-state index in [9.17, 15) is 9.59 Å². The maximum absolute atomic E-state index is 11.8. The minimum atomic E-state index is -1.11. The average Bonchev–Trinajstić information content (AvgIpc) is 2.63. The minimum absolute atomic E-state index is 0.00753. The Kier molecular flexibility index (Phi) is 10.9. The highest BCUT2D eigenvalue weighted by Gasteiger charge is 2.13. The molecule has 138 valence electrons. The summed E-state index contributed by atoms with van der Waals surface area (Å²) in [6, 6.07) is 6.13. The number of rotatable bonds is 12. The molecule has 1 N–H and O–H groups in total. The highest BCUT2D eigenvalue weighted by Crippen LogP contribution is 2.18. The fourth-order valence-electron chi connectivity index (χ4n) is 2.12. The third-order valence-electron chi connectivity index (χ3n) is 3.44. The zero-order chi connectivity index (χ0) is 19.0. The Morgan fingerprint density at radius 2 is 1.58 bits per heavy atom. The Balaban J connectivity index is 2.19. The quantitative estimate of drug-likeness (QED) is 0.233. The summed E-state index contributed by atoms with van der Waals surface area (Å²) in [6.07, 6.45) is 18.8. The lowest BCUT2D eigenvalue weighted by atomic mass is 10.2. The summed E-state index contributed by atoms with van der Waals surface area (Å²) in [5.41, 5.74) is -0.00753. The molecule has 0 radical (unpaired) electrons. The molecule has 1 rings (SSSR count). The fraction of sp³-hybridized carbons (Fsp3) is 0.273. The molecule has 0 fully saturated rings. The number of esters is 1. The molecule has 0 saturated heterocycles. The van der Waals surface area contributed by atoms with Gasteiger partial charge in [-0.25, -0.2) is 4.79 Å². The number of benzene rings is 1. The highest BCUT2D eigenvalue weighted by atomic mass is 16.5. The Labute approximate surface area is 155 Å². The van der Waals surface area contributed by atoms with Crippen LogP contribution in [0.2, 0.25) is 0 Å². The molecule has 1 aromatic rings. The zero-order valence-electron chi connectivity index (χ0n) is 15.0. The van der Waals surface area contributed by atoms with Crippen LogP contribution in [0.5, 0.6) is 5.75 Å². The first-order valence-corrected chi connectivity index (χ1v) is 8.74. The van der Waals surface area contributed by atoms with Crippen molar-refractivity contribution < 1.29 is 19.4 Å². The summed E-state index contributed by atoms with van der Waals surface area (Å²) in [6.45, 7) is 3.65. The van der Waals surface area contributed by atoms with Crippen LogP contribution in [0.1, 0.15) is 48.9 Å². The van der Waals surface area contributed by atoms with E-state index < -0.39 is 11.9 Å². The van der Waals surface area contributed by atoms with Crippen LogP contribution < -0.4 is 4.74 Å². The van der Waals surface area contributed by atoms with Gasteiger partial charge < -0.3 is 9.84 Å². The van der Waals surface area contributed by atoms with Gasteiger partial charge in [0.1, 0.15) is 11.3 Å². The molecule has 0 aliphatic carbocycles. The third kappa shape index (κ3) is 9.42. The number of carboxylic acids is 1. The molecule has 0 aliphatic rings. The molecule has 0 spiro atoms. The number of carbonyl (C=O) groups is 2. The first kappa shape index (κ1) is 21.2. The van der Waals surface area contributed by atoms with Crippen molar-refractivity contribution in [2.45, 2.75) is 38.5 Å². The van der Waals surface area contributed by atoms with E-state index >= 15 is 0 Å². The van der Waals surface area contributed by atoms with Crippen molar-refractivity contribution in [3.63, 3.8) is 0 Å². The summed E-state index contributed by atoms with van der Waals surface area (Å²) in [7, 11) is 0. The molecule has 0 unspecified atom stereocenters. The molecule has 0 atom stereocenters. The number of carbonyl (C=O) groups excluding carboxylic acids is 1. The summed E-state index contributed by atoms with van der Waals surface area (Å²) in [5.74, 6) is -1.44. The number of aromatic carboxylic acids is 1. The maximum Gasteiger partial charge on any atom is 0.339 e. The van der Waals surface area contributed by atoms with Crippen LogP contribution in [-0.2, 0) is 4.79 Å². The van der Waals surface area contributed by atoms with Gasteiger partial charge in [-0.05, 0) is 44.2 Å². The van der Waals surface area contributed by atoms with Gasteiger partial charge in [-0.1, -0.05) is 54.7 Å². The van der Waals surface area contributed by atoms with E-state index in [0.29, 0.717) is 6.42 Å². The second kappa shape index (κ2) is 13.4. The van der Waals surface area contributed by atoms with Gasteiger partial charge in [-0.3, -0.25) is 4.79 Å². The van der Waals surface area contributed by atoms with Crippen molar-refractivity contribution in [3.8, 4) is 5.75 Å². The van der Waals surface area contributed by atoms with Crippen molar-refractivity contribution in [2.24, 2.45) is 0 Å². The van der Waals surface area contributed by atoms with Gasteiger partial charge in [0.2, 0.25) is 0 Å². The van der Waals surface area contributed by atoms with Crippen molar-refractivity contribution in [1.82, 2.24) is 0 Å². The number of para-hydroxylation sites is 1. The van der Waals surface area contributed by atoms with Crippen LogP contribution in [0, 0.1) is 0 Å². The lowest BCUT2D eigenvalue weighted by molar-refractivity contribution is -0.134. The smallest absolute Gasteiger partial charge is 0.339 e. The highest BCUT2D eigenvalue weighted by molar-refractivity contribution is 5.91. The predicted molar refractivity (Wildman–Crippen MR) is 104 cm³/mol.